The molecule has 0 saturated carbocycles. The Kier molecular flexibility index (Phi) is 5.96. The average Bonchev–Trinajstić information content (AvgIpc) is 2.43. The lowest BCUT2D eigenvalue weighted by Crippen LogP contribution is -2.59. The van der Waals surface area contributed by atoms with Crippen molar-refractivity contribution in [2.75, 3.05) is 6.54 Å². The molecule has 5 heteroatoms. The molecule has 0 aliphatic rings. The number of hydrogen-bond acceptors (Lipinski definition) is 3. The van der Waals surface area contributed by atoms with Crippen LogP contribution in [0.2, 0.25) is 0 Å². The summed E-state index contributed by atoms with van der Waals surface area (Å²) in [4.78, 5) is 26.0. The molecule has 0 aliphatic heterocycles. The number of carbonyl (C=O) groups is 2. The second kappa shape index (κ2) is 7.31. The number of amides is 2. The summed E-state index contributed by atoms with van der Waals surface area (Å²) in [6.45, 7) is 10.8. The van der Waals surface area contributed by atoms with E-state index >= 15 is 0 Å². The van der Waals surface area contributed by atoms with Crippen LogP contribution >= 0.6 is 0 Å². The second-order valence-electron chi connectivity index (χ2n) is 6.68. The number of nitrogens with two attached hydrogens (primary N) is 1. The smallest absolute Gasteiger partial charge is 0.411 e. The maximum Gasteiger partial charge on any atom is 0.411 e. The van der Waals surface area contributed by atoms with Crippen molar-refractivity contribution in [3.05, 3.63) is 48.6 Å². The van der Waals surface area contributed by atoms with Crippen molar-refractivity contribution < 1.29 is 14.3 Å². The summed E-state index contributed by atoms with van der Waals surface area (Å²) in [7, 11) is 0. The summed E-state index contributed by atoms with van der Waals surface area (Å²) in [6.07, 6.45) is 1.27. The SMILES string of the molecule is C=CCN(C(=O)OC(C)(C)C)C(C)(Cc1ccccc1)C(N)=O. The van der Waals surface area contributed by atoms with Gasteiger partial charge < -0.3 is 10.5 Å². The quantitative estimate of drug-likeness (QED) is 0.820. The molecule has 5 nitrogen and oxygen atoms in total. The minimum absolute atomic E-state index is 0.168. The topological polar surface area (TPSA) is 72.6 Å². The van der Waals surface area contributed by atoms with Gasteiger partial charge in [0.25, 0.3) is 0 Å². The molecule has 0 heterocycles. The van der Waals surface area contributed by atoms with Gasteiger partial charge in [-0.25, -0.2) is 4.79 Å². The molecule has 0 saturated heterocycles. The van der Waals surface area contributed by atoms with Crippen molar-refractivity contribution in [1.29, 1.82) is 0 Å². The zero-order valence-corrected chi connectivity index (χ0v) is 14.3. The lowest BCUT2D eigenvalue weighted by atomic mass is 9.90. The third-order valence-corrected chi connectivity index (χ3v) is 3.44. The maximum atomic E-state index is 12.5. The molecule has 23 heavy (non-hydrogen) atoms. The zero-order chi connectivity index (χ0) is 17.7. The molecule has 1 rings (SSSR count). The number of carbonyl (C=O) groups excluding carboxylic acids is 2. The van der Waals surface area contributed by atoms with E-state index < -0.39 is 23.1 Å². The molecule has 0 bridgehead atoms. The Morgan fingerprint density at radius 1 is 1.22 bits per heavy atom. The van der Waals surface area contributed by atoms with Gasteiger partial charge in [0.15, 0.2) is 0 Å². The zero-order valence-electron chi connectivity index (χ0n) is 14.3. The van der Waals surface area contributed by atoms with Gasteiger partial charge in [-0.2, -0.15) is 0 Å². The lowest BCUT2D eigenvalue weighted by molar-refractivity contribution is -0.128. The summed E-state index contributed by atoms with van der Waals surface area (Å²) < 4.78 is 5.42. The molecule has 2 amide bonds. The molecular formula is C18H26N2O3. The van der Waals surface area contributed by atoms with Gasteiger partial charge in [0.1, 0.15) is 11.1 Å². The van der Waals surface area contributed by atoms with Gasteiger partial charge >= 0.3 is 6.09 Å². The van der Waals surface area contributed by atoms with Gasteiger partial charge in [0.05, 0.1) is 0 Å². The van der Waals surface area contributed by atoms with Gasteiger partial charge in [-0.3, -0.25) is 9.69 Å². The van der Waals surface area contributed by atoms with Crippen LogP contribution in [-0.4, -0.2) is 34.6 Å². The highest BCUT2D eigenvalue weighted by Crippen LogP contribution is 2.24. The van der Waals surface area contributed by atoms with E-state index in [1.165, 1.54) is 4.90 Å². The van der Waals surface area contributed by atoms with E-state index in [0.29, 0.717) is 6.42 Å². The van der Waals surface area contributed by atoms with Crippen molar-refractivity contribution in [2.24, 2.45) is 5.73 Å². The molecule has 1 aromatic carbocycles. The van der Waals surface area contributed by atoms with Crippen molar-refractivity contribution in [2.45, 2.75) is 45.3 Å². The van der Waals surface area contributed by atoms with Crippen LogP contribution in [0.15, 0.2) is 43.0 Å². The predicted octanol–water partition coefficient (Wildman–Crippen LogP) is 2.90. The number of rotatable bonds is 6. The highest BCUT2D eigenvalue weighted by atomic mass is 16.6. The molecule has 126 valence electrons. The first-order chi connectivity index (χ1) is 10.6. The first kappa shape index (κ1) is 18.7. The Bertz CT molecular complexity index is 563. The number of primary amides is 1. The van der Waals surface area contributed by atoms with E-state index in [1.807, 2.05) is 30.3 Å². The Hall–Kier alpha value is -2.30. The molecule has 1 atom stereocenters. The van der Waals surface area contributed by atoms with Crippen LogP contribution in [0.25, 0.3) is 0 Å². The van der Waals surface area contributed by atoms with E-state index in [9.17, 15) is 9.59 Å². The third-order valence-electron chi connectivity index (χ3n) is 3.44. The first-order valence-electron chi connectivity index (χ1n) is 7.55. The average molecular weight is 318 g/mol. The minimum atomic E-state index is -1.21. The predicted molar refractivity (Wildman–Crippen MR) is 90.9 cm³/mol. The highest BCUT2D eigenvalue weighted by Gasteiger charge is 2.42. The molecule has 2 N–H and O–H groups in total. The molecule has 0 radical (unpaired) electrons. The molecule has 1 aromatic rings. The fourth-order valence-electron chi connectivity index (χ4n) is 2.23. The monoisotopic (exact) mass is 318 g/mol. The third kappa shape index (κ3) is 5.13. The largest absolute Gasteiger partial charge is 0.444 e. The summed E-state index contributed by atoms with van der Waals surface area (Å²) in [5.41, 5.74) is 4.66. The van der Waals surface area contributed by atoms with Gasteiger partial charge in [0, 0.05) is 13.0 Å². The van der Waals surface area contributed by atoms with E-state index in [4.69, 9.17) is 10.5 Å². The Morgan fingerprint density at radius 3 is 2.22 bits per heavy atom. The van der Waals surface area contributed by atoms with E-state index in [-0.39, 0.29) is 6.54 Å². The van der Waals surface area contributed by atoms with Crippen LogP contribution in [0.4, 0.5) is 4.79 Å². The first-order valence-corrected chi connectivity index (χ1v) is 7.55. The van der Waals surface area contributed by atoms with Gasteiger partial charge in [-0.05, 0) is 33.3 Å². The second-order valence-corrected chi connectivity index (χ2v) is 6.68. The molecule has 1 unspecified atom stereocenters. The number of nitrogens with zero attached hydrogens (tertiary/aromatic N) is 1. The summed E-state index contributed by atoms with van der Waals surface area (Å²) in [5.74, 6) is -0.589. The normalized spacial score (nSPS) is 13.7. The highest BCUT2D eigenvalue weighted by molar-refractivity contribution is 5.88. The van der Waals surface area contributed by atoms with Crippen LogP contribution in [-0.2, 0) is 16.0 Å². The Balaban J connectivity index is 3.17. The van der Waals surface area contributed by atoms with E-state index in [1.54, 1.807) is 33.8 Å². The molecule has 0 aliphatic carbocycles. The Morgan fingerprint density at radius 2 is 1.78 bits per heavy atom. The summed E-state index contributed by atoms with van der Waals surface area (Å²) >= 11 is 0. The summed E-state index contributed by atoms with van der Waals surface area (Å²) in [5, 5.41) is 0. The van der Waals surface area contributed by atoms with Crippen molar-refractivity contribution in [1.82, 2.24) is 4.90 Å². The Labute approximate surface area is 138 Å². The molecule has 0 spiro atoms. The number of benzene rings is 1. The molecule has 0 aromatic heterocycles. The van der Waals surface area contributed by atoms with Crippen LogP contribution in [0.5, 0.6) is 0 Å². The van der Waals surface area contributed by atoms with Crippen molar-refractivity contribution in [3.8, 4) is 0 Å². The van der Waals surface area contributed by atoms with E-state index in [0.717, 1.165) is 5.56 Å². The number of hydrogen-bond donors (Lipinski definition) is 1. The molecule has 0 fully saturated rings. The van der Waals surface area contributed by atoms with Crippen molar-refractivity contribution in [3.63, 3.8) is 0 Å². The van der Waals surface area contributed by atoms with Crippen LogP contribution in [0, 0.1) is 0 Å². The van der Waals surface area contributed by atoms with E-state index in [2.05, 4.69) is 6.58 Å². The summed E-state index contributed by atoms with van der Waals surface area (Å²) in [6, 6.07) is 9.43. The van der Waals surface area contributed by atoms with Crippen molar-refractivity contribution >= 4 is 12.0 Å². The van der Waals surface area contributed by atoms with Crippen LogP contribution < -0.4 is 5.73 Å². The van der Waals surface area contributed by atoms with Crippen LogP contribution in [0.1, 0.15) is 33.3 Å². The van der Waals surface area contributed by atoms with Gasteiger partial charge in [-0.15, -0.1) is 6.58 Å². The molecular weight excluding hydrogens is 292 g/mol. The van der Waals surface area contributed by atoms with Gasteiger partial charge in [-0.1, -0.05) is 36.4 Å². The fourth-order valence-corrected chi connectivity index (χ4v) is 2.23. The van der Waals surface area contributed by atoms with Crippen LogP contribution in [0.3, 0.4) is 0 Å². The van der Waals surface area contributed by atoms with Gasteiger partial charge in [0.2, 0.25) is 5.91 Å². The fraction of sp³-hybridized carbons (Fsp3) is 0.444. The minimum Gasteiger partial charge on any atom is -0.444 e. The maximum absolute atomic E-state index is 12.5. The lowest BCUT2D eigenvalue weighted by Gasteiger charge is -2.39. The standard InChI is InChI=1S/C18H26N2O3/c1-6-12-20(16(22)23-17(2,3)4)18(5,15(19)21)13-14-10-8-7-9-11-14/h6-11H,1,12-13H2,2-5H3,(H2,19,21). The number of ether oxygens (including phenoxy) is 1.